The second-order valence-corrected chi connectivity index (χ2v) is 9.31. The second-order valence-electron chi connectivity index (χ2n) is 6.47. The number of hydrogen-bond acceptors (Lipinski definition) is 1. The van der Waals surface area contributed by atoms with Gasteiger partial charge in [0, 0.05) is 0 Å². The van der Waals surface area contributed by atoms with Gasteiger partial charge >= 0.3 is 123 Å². The average Bonchev–Trinajstić information content (AvgIpc) is 3.15. The Hall–Kier alpha value is -0.301. The van der Waals surface area contributed by atoms with E-state index in [2.05, 4.69) is 44.2 Å². The average molecular weight is 323 g/mol. The Morgan fingerprint density at radius 3 is 2.16 bits per heavy atom. The number of hydrogen-bond donors (Lipinski definition) is 1. The molecule has 2 heteroatoms. The van der Waals surface area contributed by atoms with E-state index < -0.39 is 0 Å². The number of rotatable bonds is 3. The van der Waals surface area contributed by atoms with Crippen LogP contribution in [0.4, 0.5) is 0 Å². The van der Waals surface area contributed by atoms with E-state index in [1.165, 1.54) is 23.7 Å². The summed E-state index contributed by atoms with van der Waals surface area (Å²) in [5.74, 6) is 1.31. The van der Waals surface area contributed by atoms with E-state index in [4.69, 9.17) is 0 Å². The molecule has 0 spiro atoms. The fraction of sp³-hybridized carbons (Fsp3) is 0.647. The van der Waals surface area contributed by atoms with Crippen LogP contribution in [0, 0.1) is 11.8 Å². The Morgan fingerprint density at radius 1 is 1.05 bits per heavy atom. The van der Waals surface area contributed by atoms with Gasteiger partial charge in [0.15, 0.2) is 0 Å². The van der Waals surface area contributed by atoms with E-state index in [0.29, 0.717) is 26.8 Å². The third-order valence-corrected chi connectivity index (χ3v) is 9.48. The maximum absolute atomic E-state index is 11.0. The van der Waals surface area contributed by atoms with E-state index in [1.54, 1.807) is 0 Å². The predicted molar refractivity (Wildman–Crippen MR) is 80.9 cm³/mol. The zero-order chi connectivity index (χ0) is 13.5. The maximum atomic E-state index is 11.0. The van der Waals surface area contributed by atoms with Crippen molar-refractivity contribution in [2.45, 2.75) is 55.9 Å². The molecule has 0 aromatic heterocycles. The van der Waals surface area contributed by atoms with Gasteiger partial charge in [-0.2, -0.15) is 0 Å². The van der Waals surface area contributed by atoms with Crippen molar-refractivity contribution >= 4 is 19.4 Å². The zero-order valence-electron chi connectivity index (χ0n) is 11.9. The molecule has 0 bridgehead atoms. The van der Waals surface area contributed by atoms with E-state index in [0.717, 1.165) is 12.8 Å². The second kappa shape index (κ2) is 4.91. The van der Waals surface area contributed by atoms with Crippen LogP contribution in [0.15, 0.2) is 30.3 Å². The summed E-state index contributed by atoms with van der Waals surface area (Å²) in [7, 11) is 0. The Kier molecular flexibility index (Phi) is 3.53. The minimum atomic E-state index is -0.359. The molecular formula is C17H24OSe. The summed E-state index contributed by atoms with van der Waals surface area (Å²) in [5, 5.41) is 11.0. The summed E-state index contributed by atoms with van der Waals surface area (Å²) in [5.41, 5.74) is -0.359. The molecule has 2 aliphatic rings. The van der Waals surface area contributed by atoms with Crippen molar-refractivity contribution < 1.29 is 5.11 Å². The first kappa shape index (κ1) is 13.7. The number of aliphatic hydroxyl groups is 1. The van der Waals surface area contributed by atoms with Crippen molar-refractivity contribution in [1.29, 1.82) is 0 Å². The molecular weight excluding hydrogens is 299 g/mol. The van der Waals surface area contributed by atoms with Crippen LogP contribution in [-0.4, -0.2) is 25.7 Å². The van der Waals surface area contributed by atoms with Gasteiger partial charge in [0.1, 0.15) is 0 Å². The molecule has 0 saturated heterocycles. The van der Waals surface area contributed by atoms with Crippen LogP contribution >= 0.6 is 0 Å². The van der Waals surface area contributed by atoms with E-state index in [-0.39, 0.29) is 9.91 Å². The van der Waals surface area contributed by atoms with Crippen molar-refractivity contribution in [2.75, 3.05) is 0 Å². The van der Waals surface area contributed by atoms with Gasteiger partial charge in [-0.15, -0.1) is 0 Å². The van der Waals surface area contributed by atoms with E-state index >= 15 is 0 Å². The molecule has 104 valence electrons. The molecule has 2 saturated carbocycles. The zero-order valence-corrected chi connectivity index (χ0v) is 13.6. The van der Waals surface area contributed by atoms with Crippen molar-refractivity contribution in [2.24, 2.45) is 11.8 Å². The fourth-order valence-electron chi connectivity index (χ4n) is 4.05. The summed E-state index contributed by atoms with van der Waals surface area (Å²) < 4.78 is 1.62. The third kappa shape index (κ3) is 2.18. The third-order valence-electron chi connectivity index (χ3n) is 5.22. The molecule has 2 atom stereocenters. The first-order valence-electron chi connectivity index (χ1n) is 7.55. The van der Waals surface area contributed by atoms with Crippen molar-refractivity contribution in [3.05, 3.63) is 30.3 Å². The van der Waals surface area contributed by atoms with E-state index in [9.17, 15) is 5.11 Å². The molecule has 1 nitrogen and oxygen atoms in total. The minimum absolute atomic E-state index is 0.166. The topological polar surface area (TPSA) is 20.2 Å². The SMILES string of the molecule is CC1CCCC(C)C1([Se]c1ccccc1)C1(O)CC1. The van der Waals surface area contributed by atoms with Gasteiger partial charge in [-0.1, -0.05) is 0 Å². The van der Waals surface area contributed by atoms with E-state index in [1.807, 2.05) is 0 Å². The van der Waals surface area contributed by atoms with Gasteiger partial charge in [-0.25, -0.2) is 0 Å². The van der Waals surface area contributed by atoms with Gasteiger partial charge in [-0.3, -0.25) is 0 Å². The molecule has 1 aromatic carbocycles. The van der Waals surface area contributed by atoms with Crippen molar-refractivity contribution in [3.63, 3.8) is 0 Å². The fourth-order valence-corrected chi connectivity index (χ4v) is 7.65. The van der Waals surface area contributed by atoms with Gasteiger partial charge in [0.25, 0.3) is 0 Å². The molecule has 0 heterocycles. The molecule has 0 radical (unpaired) electrons. The molecule has 1 aromatic rings. The van der Waals surface area contributed by atoms with Crippen LogP contribution in [0.1, 0.15) is 46.0 Å². The van der Waals surface area contributed by atoms with Crippen LogP contribution in [-0.2, 0) is 0 Å². The molecule has 2 unspecified atom stereocenters. The monoisotopic (exact) mass is 324 g/mol. The van der Waals surface area contributed by atoms with Crippen LogP contribution in [0.25, 0.3) is 0 Å². The van der Waals surface area contributed by atoms with Crippen LogP contribution < -0.4 is 4.46 Å². The summed E-state index contributed by atoms with van der Waals surface area (Å²) in [4.78, 5) is 0. The summed E-state index contributed by atoms with van der Waals surface area (Å²) in [6.07, 6.45) is 5.97. The molecule has 0 aliphatic heterocycles. The van der Waals surface area contributed by atoms with Gasteiger partial charge in [0.05, 0.1) is 0 Å². The Labute approximate surface area is 123 Å². The van der Waals surface area contributed by atoms with Crippen LogP contribution in [0.3, 0.4) is 0 Å². The Morgan fingerprint density at radius 2 is 1.63 bits per heavy atom. The molecule has 19 heavy (non-hydrogen) atoms. The van der Waals surface area contributed by atoms with Crippen LogP contribution in [0.5, 0.6) is 0 Å². The molecule has 0 amide bonds. The van der Waals surface area contributed by atoms with Crippen molar-refractivity contribution in [3.8, 4) is 0 Å². The normalized spacial score (nSPS) is 37.0. The molecule has 2 fully saturated rings. The predicted octanol–water partition coefficient (Wildman–Crippen LogP) is 3.16. The van der Waals surface area contributed by atoms with Gasteiger partial charge in [0.2, 0.25) is 0 Å². The van der Waals surface area contributed by atoms with Crippen LogP contribution in [0.2, 0.25) is 4.31 Å². The first-order valence-corrected chi connectivity index (χ1v) is 9.26. The number of benzene rings is 1. The molecule has 3 rings (SSSR count). The summed E-state index contributed by atoms with van der Waals surface area (Å²) in [6, 6.07) is 10.9. The molecule has 1 N–H and O–H groups in total. The van der Waals surface area contributed by atoms with Gasteiger partial charge in [-0.05, 0) is 0 Å². The van der Waals surface area contributed by atoms with Crippen molar-refractivity contribution in [1.82, 2.24) is 0 Å². The summed E-state index contributed by atoms with van der Waals surface area (Å²) >= 11 is 0.374. The Bertz CT molecular complexity index is 428. The molecule has 2 aliphatic carbocycles. The van der Waals surface area contributed by atoms with Gasteiger partial charge < -0.3 is 0 Å². The Balaban J connectivity index is 1.97. The first-order chi connectivity index (χ1) is 9.08. The summed E-state index contributed by atoms with van der Waals surface area (Å²) in [6.45, 7) is 4.77. The standard InChI is InChI=1S/C17H24OSe/c1-13-7-6-8-14(2)17(13,16(18)11-12-16)19-15-9-4-3-5-10-15/h3-5,9-10,13-14,18H,6-8,11-12H2,1-2H3. The quantitative estimate of drug-likeness (QED) is 0.847.